The lowest BCUT2D eigenvalue weighted by atomic mass is 9.91. The highest BCUT2D eigenvalue weighted by molar-refractivity contribution is 5.97. The fourth-order valence-electron chi connectivity index (χ4n) is 4.00. The summed E-state index contributed by atoms with van der Waals surface area (Å²) in [4.78, 5) is 38.2. The third-order valence-electron chi connectivity index (χ3n) is 6.17. The largest absolute Gasteiger partial charge is 0.481 e. The van der Waals surface area contributed by atoms with Gasteiger partial charge in [0.1, 0.15) is 5.83 Å². The summed E-state index contributed by atoms with van der Waals surface area (Å²) in [6, 6.07) is 8.14. The van der Waals surface area contributed by atoms with E-state index in [0.29, 0.717) is 30.9 Å². The van der Waals surface area contributed by atoms with Gasteiger partial charge in [0.15, 0.2) is 0 Å². The minimum atomic E-state index is -0.844. The summed E-state index contributed by atoms with van der Waals surface area (Å²) in [7, 11) is 0. The van der Waals surface area contributed by atoms with Crippen LogP contribution in [0.2, 0.25) is 0 Å². The molecule has 1 aromatic carbocycles. The average Bonchev–Trinajstić information content (AvgIpc) is 2.99. The molecule has 1 amide bonds. The Kier molecular flexibility index (Phi) is 18.1. The topological polar surface area (TPSA) is 113 Å². The number of halogens is 1. The number of hydrogen-bond acceptors (Lipinski definition) is 6. The second-order valence-corrected chi connectivity index (χ2v) is 9.06. The lowest BCUT2D eigenvalue weighted by Gasteiger charge is -2.18. The molecule has 1 atom stereocenters. The number of carboxylic acids is 1. The zero-order valence-corrected chi connectivity index (χ0v) is 24.9. The second kappa shape index (κ2) is 21.4. The Morgan fingerprint density at radius 2 is 1.93 bits per heavy atom. The number of nitrogens with zero attached hydrogens (tertiary/aromatic N) is 3. The van der Waals surface area contributed by atoms with E-state index >= 15 is 0 Å². The lowest BCUT2D eigenvalue weighted by molar-refractivity contribution is -0.137. The van der Waals surface area contributed by atoms with Crippen molar-refractivity contribution in [1.29, 1.82) is 0 Å². The number of aliphatic imine (C=N–C) groups is 2. The van der Waals surface area contributed by atoms with Gasteiger partial charge < -0.3 is 15.3 Å². The van der Waals surface area contributed by atoms with E-state index in [4.69, 9.17) is 9.94 Å². The summed E-state index contributed by atoms with van der Waals surface area (Å²) in [5, 5.41) is 15.2. The molecular weight excluding hydrogens is 535 g/mol. The molecule has 0 saturated heterocycles. The van der Waals surface area contributed by atoms with E-state index in [1.54, 1.807) is 25.3 Å². The van der Waals surface area contributed by atoms with Gasteiger partial charge in [-0.05, 0) is 62.3 Å². The Bertz CT molecular complexity index is 1230. The fourth-order valence-corrected chi connectivity index (χ4v) is 4.00. The third kappa shape index (κ3) is 13.3. The van der Waals surface area contributed by atoms with E-state index in [1.165, 1.54) is 29.9 Å². The highest BCUT2D eigenvalue weighted by atomic mass is 19.1. The van der Waals surface area contributed by atoms with Crippen LogP contribution in [0.25, 0.3) is 0 Å². The number of oxime groups is 1. The maximum atomic E-state index is 13.3. The standard InChI is InChI=1S/C33H43FN4O4/c1-6-25-17-12-13-19-29(25)27(8-3)33(42-35-5)38-24-16-20-30(36-22-14-10-11-21-31(39)40)28(9-4)32(41)37-23-15-18-26(34)7-2/h7,9,12-13,15-20,22,27H,4-6,8,10-11,14,21,23-24H2,1-3H3,(H,37,41)(H,39,40)/b18-15-,20-16+,26-7+,30-28-,36-22?,38-33?. The Hall–Kier alpha value is -4.40. The van der Waals surface area contributed by atoms with Gasteiger partial charge in [0.05, 0.1) is 23.7 Å². The van der Waals surface area contributed by atoms with Crippen LogP contribution < -0.4 is 5.32 Å². The first kappa shape index (κ1) is 35.6. The van der Waals surface area contributed by atoms with E-state index in [-0.39, 0.29) is 31.0 Å². The molecule has 1 rings (SSSR count). The zero-order valence-electron chi connectivity index (χ0n) is 24.9. The van der Waals surface area contributed by atoms with Crippen LogP contribution in [0.3, 0.4) is 0 Å². The number of aryl methyl sites for hydroxylation is 1. The van der Waals surface area contributed by atoms with Gasteiger partial charge >= 0.3 is 5.97 Å². The van der Waals surface area contributed by atoms with E-state index < -0.39 is 17.7 Å². The van der Waals surface area contributed by atoms with E-state index in [2.05, 4.69) is 59.7 Å². The van der Waals surface area contributed by atoms with Crippen molar-refractivity contribution in [3.8, 4) is 0 Å². The first-order chi connectivity index (χ1) is 20.3. The Morgan fingerprint density at radius 3 is 2.57 bits per heavy atom. The predicted molar refractivity (Wildman–Crippen MR) is 170 cm³/mol. The van der Waals surface area contributed by atoms with Crippen LogP contribution in [-0.2, 0) is 20.8 Å². The number of amides is 1. The molecule has 8 nitrogen and oxygen atoms in total. The number of unbranched alkanes of at least 4 members (excludes halogenated alkanes) is 2. The van der Waals surface area contributed by atoms with Crippen molar-refractivity contribution in [3.63, 3.8) is 0 Å². The minimum absolute atomic E-state index is 0.0849. The monoisotopic (exact) mass is 578 g/mol. The average molecular weight is 579 g/mol. The highest BCUT2D eigenvalue weighted by Gasteiger charge is 2.21. The smallest absolute Gasteiger partial charge is 0.303 e. The number of aliphatic carboxylic acids is 1. The van der Waals surface area contributed by atoms with Crippen LogP contribution in [-0.4, -0.2) is 48.9 Å². The number of nitrogens with one attached hydrogen (secondary N) is 1. The van der Waals surface area contributed by atoms with Crippen molar-refractivity contribution in [2.24, 2.45) is 15.1 Å². The third-order valence-corrected chi connectivity index (χ3v) is 6.17. The molecule has 0 aromatic heterocycles. The first-order valence-corrected chi connectivity index (χ1v) is 14.1. The second-order valence-electron chi connectivity index (χ2n) is 9.06. The molecule has 0 radical (unpaired) electrons. The quantitative estimate of drug-likeness (QED) is 0.0458. The van der Waals surface area contributed by atoms with E-state index in [0.717, 1.165) is 18.4 Å². The van der Waals surface area contributed by atoms with Crippen LogP contribution in [0.15, 0.2) is 99.5 Å². The summed E-state index contributed by atoms with van der Waals surface area (Å²) in [5.41, 5.74) is 2.90. The molecule has 0 saturated carbocycles. The number of hydrogen-bond donors (Lipinski definition) is 2. The van der Waals surface area contributed by atoms with Gasteiger partial charge in [-0.2, -0.15) is 0 Å². The van der Waals surface area contributed by atoms with Crippen molar-refractivity contribution in [2.75, 3.05) is 13.1 Å². The van der Waals surface area contributed by atoms with Gasteiger partial charge in [-0.3, -0.25) is 14.6 Å². The molecule has 0 bridgehead atoms. The number of allylic oxidation sites excluding steroid dienone is 4. The molecule has 42 heavy (non-hydrogen) atoms. The van der Waals surface area contributed by atoms with Gasteiger partial charge in [0.25, 0.3) is 5.91 Å². The molecule has 0 aliphatic heterocycles. The fraction of sp³-hybridized carbons (Fsp3) is 0.364. The summed E-state index contributed by atoms with van der Waals surface area (Å²) < 4.78 is 13.3. The molecule has 226 valence electrons. The summed E-state index contributed by atoms with van der Waals surface area (Å²) in [6.45, 7) is 13.3. The molecule has 1 aromatic rings. The molecule has 0 heterocycles. The van der Waals surface area contributed by atoms with Crippen molar-refractivity contribution >= 4 is 30.7 Å². The predicted octanol–water partition coefficient (Wildman–Crippen LogP) is 7.03. The lowest BCUT2D eigenvalue weighted by Crippen LogP contribution is -2.25. The van der Waals surface area contributed by atoms with Crippen molar-refractivity contribution < 1.29 is 23.9 Å². The maximum absolute atomic E-state index is 13.3. The van der Waals surface area contributed by atoms with Crippen LogP contribution >= 0.6 is 0 Å². The molecule has 9 heteroatoms. The number of carbonyl (C=O) groups is 2. The number of benzene rings is 1. The first-order valence-electron chi connectivity index (χ1n) is 14.1. The van der Waals surface area contributed by atoms with Crippen LogP contribution in [0.5, 0.6) is 0 Å². The number of carbonyl (C=O) groups excluding carboxylic acids is 1. The molecule has 1 unspecified atom stereocenters. The maximum Gasteiger partial charge on any atom is 0.303 e. The van der Waals surface area contributed by atoms with Gasteiger partial charge in [-0.25, -0.2) is 9.38 Å². The Morgan fingerprint density at radius 1 is 1.17 bits per heavy atom. The summed E-state index contributed by atoms with van der Waals surface area (Å²) in [6.07, 6.45) is 14.0. The molecule has 0 spiro atoms. The van der Waals surface area contributed by atoms with E-state index in [1.807, 2.05) is 12.1 Å². The Labute approximate surface area is 248 Å². The zero-order chi connectivity index (χ0) is 31.2. The van der Waals surface area contributed by atoms with Gasteiger partial charge in [-0.1, -0.05) is 74.2 Å². The SMILES string of the molecule is C=C/C(C(=O)NC/C=C\C(F)=C/C)=C(\C=C\CN=C(ON=C)C(CC)c1ccccc1CC)N=CCCCCC(=O)O. The number of rotatable bonds is 19. The van der Waals surface area contributed by atoms with Gasteiger partial charge in [-0.15, -0.1) is 0 Å². The Balaban J connectivity index is 3.23. The molecular formula is C33H43FN4O4. The summed E-state index contributed by atoms with van der Waals surface area (Å²) in [5.74, 6) is -1.34. The molecule has 0 aliphatic rings. The van der Waals surface area contributed by atoms with Crippen LogP contribution in [0.4, 0.5) is 4.39 Å². The van der Waals surface area contributed by atoms with Gasteiger partial charge in [0.2, 0.25) is 5.90 Å². The van der Waals surface area contributed by atoms with Crippen LogP contribution in [0.1, 0.15) is 69.9 Å². The molecule has 0 aliphatic carbocycles. The van der Waals surface area contributed by atoms with E-state index in [9.17, 15) is 14.0 Å². The van der Waals surface area contributed by atoms with Crippen LogP contribution in [0, 0.1) is 0 Å². The summed E-state index contributed by atoms with van der Waals surface area (Å²) >= 11 is 0. The molecule has 2 N–H and O–H groups in total. The van der Waals surface area contributed by atoms with Crippen molar-refractivity contribution in [2.45, 2.75) is 65.2 Å². The van der Waals surface area contributed by atoms with Crippen molar-refractivity contribution in [1.82, 2.24) is 5.32 Å². The molecule has 0 fully saturated rings. The van der Waals surface area contributed by atoms with Crippen molar-refractivity contribution in [3.05, 3.63) is 95.5 Å². The van der Waals surface area contributed by atoms with Gasteiger partial charge in [0, 0.05) is 25.9 Å². The minimum Gasteiger partial charge on any atom is -0.481 e. The number of carboxylic acid groups (broad SMARTS) is 1. The normalized spacial score (nSPS) is 13.8. The highest BCUT2D eigenvalue weighted by Crippen LogP contribution is 2.26.